The highest BCUT2D eigenvalue weighted by molar-refractivity contribution is 4.73. The van der Waals surface area contributed by atoms with Crippen molar-refractivity contribution in [2.45, 2.75) is 38.1 Å². The molecule has 0 aromatic heterocycles. The first-order valence-corrected chi connectivity index (χ1v) is 5.48. The predicted molar refractivity (Wildman–Crippen MR) is 54.8 cm³/mol. The van der Waals surface area contributed by atoms with E-state index < -0.39 is 0 Å². The Kier molecular flexibility index (Phi) is 6.15. The van der Waals surface area contributed by atoms with Crippen LogP contribution in [0, 0.1) is 0 Å². The van der Waals surface area contributed by atoms with E-state index in [0.717, 1.165) is 32.1 Å². The minimum atomic E-state index is 0.246. The summed E-state index contributed by atoms with van der Waals surface area (Å²) in [6.07, 6.45) is 6.70. The molecule has 0 aromatic rings. The number of hydrogen-bond acceptors (Lipinski definition) is 3. The molecule has 0 heterocycles. The molecule has 3 nitrogen and oxygen atoms in total. The summed E-state index contributed by atoms with van der Waals surface area (Å²) < 4.78 is 0. The van der Waals surface area contributed by atoms with Crippen molar-refractivity contribution in [1.82, 2.24) is 10.6 Å². The Morgan fingerprint density at radius 3 is 2.54 bits per heavy atom. The normalized spacial score (nSPS) is 18.2. The van der Waals surface area contributed by atoms with E-state index in [2.05, 4.69) is 10.6 Å². The maximum Gasteiger partial charge on any atom is 0.0555 e. The Morgan fingerprint density at radius 1 is 1.08 bits per heavy atom. The quantitative estimate of drug-likeness (QED) is 0.507. The van der Waals surface area contributed by atoms with Crippen LogP contribution < -0.4 is 10.6 Å². The van der Waals surface area contributed by atoms with Crippen LogP contribution in [0.5, 0.6) is 0 Å². The third-order valence-electron chi connectivity index (χ3n) is 2.61. The van der Waals surface area contributed by atoms with E-state index >= 15 is 0 Å². The van der Waals surface area contributed by atoms with Crippen molar-refractivity contribution < 1.29 is 5.11 Å². The molecule has 0 amide bonds. The molecule has 1 rings (SSSR count). The van der Waals surface area contributed by atoms with E-state index in [0.29, 0.717) is 0 Å². The molecule has 0 bridgehead atoms. The second-order valence-corrected chi connectivity index (χ2v) is 3.76. The van der Waals surface area contributed by atoms with E-state index in [4.69, 9.17) is 5.11 Å². The third kappa shape index (κ3) is 5.24. The highest BCUT2D eigenvalue weighted by Gasteiger charge is 2.12. The number of aliphatic hydroxyl groups is 1. The highest BCUT2D eigenvalue weighted by atomic mass is 16.3. The number of rotatable bonds is 7. The molecule has 0 aliphatic heterocycles. The Bertz CT molecular complexity index is 113. The van der Waals surface area contributed by atoms with Crippen molar-refractivity contribution >= 4 is 0 Å². The van der Waals surface area contributed by atoms with Gasteiger partial charge in [-0.1, -0.05) is 12.8 Å². The standard InChI is InChI=1S/C10H22N2O/c13-9-8-11-6-3-7-12-10-4-1-2-5-10/h10-13H,1-9H2. The number of aliphatic hydroxyl groups excluding tert-OH is 1. The maximum atomic E-state index is 8.52. The van der Waals surface area contributed by atoms with Crippen LogP contribution in [0.4, 0.5) is 0 Å². The lowest BCUT2D eigenvalue weighted by Crippen LogP contribution is -2.29. The zero-order valence-corrected chi connectivity index (χ0v) is 8.39. The van der Waals surface area contributed by atoms with Gasteiger partial charge >= 0.3 is 0 Å². The van der Waals surface area contributed by atoms with Gasteiger partial charge in [0.25, 0.3) is 0 Å². The zero-order chi connectivity index (χ0) is 9.36. The molecule has 78 valence electrons. The van der Waals surface area contributed by atoms with Crippen LogP contribution in [0.1, 0.15) is 32.1 Å². The fraction of sp³-hybridized carbons (Fsp3) is 1.00. The molecule has 0 aromatic carbocycles. The first-order valence-electron chi connectivity index (χ1n) is 5.48. The molecule has 3 N–H and O–H groups in total. The van der Waals surface area contributed by atoms with Crippen LogP contribution in [-0.4, -0.2) is 37.4 Å². The van der Waals surface area contributed by atoms with Gasteiger partial charge in [-0.3, -0.25) is 0 Å². The van der Waals surface area contributed by atoms with Crippen LogP contribution >= 0.6 is 0 Å². The van der Waals surface area contributed by atoms with Gasteiger partial charge in [-0.25, -0.2) is 0 Å². The second-order valence-electron chi connectivity index (χ2n) is 3.76. The van der Waals surface area contributed by atoms with E-state index in [-0.39, 0.29) is 6.61 Å². The topological polar surface area (TPSA) is 44.3 Å². The van der Waals surface area contributed by atoms with Crippen LogP contribution in [0.2, 0.25) is 0 Å². The lowest BCUT2D eigenvalue weighted by Gasteiger charge is -2.11. The average Bonchev–Trinajstić information content (AvgIpc) is 2.63. The molecule has 0 unspecified atom stereocenters. The molecule has 0 radical (unpaired) electrons. The van der Waals surface area contributed by atoms with Gasteiger partial charge in [0.15, 0.2) is 0 Å². The average molecular weight is 186 g/mol. The summed E-state index contributed by atoms with van der Waals surface area (Å²) in [5, 5.41) is 15.2. The fourth-order valence-electron chi connectivity index (χ4n) is 1.85. The molecule has 1 aliphatic rings. The van der Waals surface area contributed by atoms with Gasteiger partial charge in [-0.05, 0) is 32.4 Å². The molecule has 3 heteroatoms. The van der Waals surface area contributed by atoms with E-state index in [9.17, 15) is 0 Å². The van der Waals surface area contributed by atoms with Crippen LogP contribution in [0.3, 0.4) is 0 Å². The van der Waals surface area contributed by atoms with Gasteiger partial charge in [0.05, 0.1) is 6.61 Å². The van der Waals surface area contributed by atoms with Crippen LogP contribution in [0.15, 0.2) is 0 Å². The largest absolute Gasteiger partial charge is 0.395 e. The summed E-state index contributed by atoms with van der Waals surface area (Å²) in [6, 6.07) is 0.790. The summed E-state index contributed by atoms with van der Waals surface area (Å²) in [5.74, 6) is 0. The van der Waals surface area contributed by atoms with Gasteiger partial charge in [-0.2, -0.15) is 0 Å². The molecular weight excluding hydrogens is 164 g/mol. The monoisotopic (exact) mass is 186 g/mol. The molecular formula is C10H22N2O. The van der Waals surface area contributed by atoms with Crippen molar-refractivity contribution in [2.75, 3.05) is 26.2 Å². The fourth-order valence-corrected chi connectivity index (χ4v) is 1.85. The zero-order valence-electron chi connectivity index (χ0n) is 8.39. The van der Waals surface area contributed by atoms with Gasteiger partial charge < -0.3 is 15.7 Å². The van der Waals surface area contributed by atoms with Crippen molar-refractivity contribution in [3.8, 4) is 0 Å². The molecule has 13 heavy (non-hydrogen) atoms. The van der Waals surface area contributed by atoms with Gasteiger partial charge in [0, 0.05) is 12.6 Å². The number of hydrogen-bond donors (Lipinski definition) is 3. The molecule has 0 atom stereocenters. The van der Waals surface area contributed by atoms with Crippen molar-refractivity contribution in [3.63, 3.8) is 0 Å². The lowest BCUT2D eigenvalue weighted by molar-refractivity contribution is 0.292. The van der Waals surface area contributed by atoms with Gasteiger partial charge in [-0.15, -0.1) is 0 Å². The Balaban J connectivity index is 1.78. The summed E-state index contributed by atoms with van der Waals surface area (Å²) in [6.45, 7) is 3.10. The summed E-state index contributed by atoms with van der Waals surface area (Å²) in [7, 11) is 0. The van der Waals surface area contributed by atoms with Gasteiger partial charge in [0.1, 0.15) is 0 Å². The Hall–Kier alpha value is -0.120. The first-order chi connectivity index (χ1) is 6.43. The van der Waals surface area contributed by atoms with Crippen molar-refractivity contribution in [1.29, 1.82) is 0 Å². The summed E-state index contributed by atoms with van der Waals surface area (Å²) in [5.41, 5.74) is 0. The SMILES string of the molecule is OCCNCCCNC1CCCC1. The van der Waals surface area contributed by atoms with Crippen LogP contribution in [0.25, 0.3) is 0 Å². The molecule has 1 saturated carbocycles. The van der Waals surface area contributed by atoms with Crippen molar-refractivity contribution in [3.05, 3.63) is 0 Å². The summed E-state index contributed by atoms with van der Waals surface area (Å²) in [4.78, 5) is 0. The second kappa shape index (κ2) is 7.30. The Morgan fingerprint density at radius 2 is 1.85 bits per heavy atom. The first kappa shape index (κ1) is 11.0. The molecule has 1 fully saturated rings. The number of nitrogens with one attached hydrogen (secondary N) is 2. The predicted octanol–water partition coefficient (Wildman–Crippen LogP) is 0.491. The van der Waals surface area contributed by atoms with Crippen molar-refractivity contribution in [2.24, 2.45) is 0 Å². The minimum absolute atomic E-state index is 0.246. The summed E-state index contributed by atoms with van der Waals surface area (Å²) >= 11 is 0. The highest BCUT2D eigenvalue weighted by Crippen LogP contribution is 2.17. The molecule has 1 aliphatic carbocycles. The van der Waals surface area contributed by atoms with E-state index in [1.807, 2.05) is 0 Å². The molecule has 0 saturated heterocycles. The van der Waals surface area contributed by atoms with E-state index in [1.54, 1.807) is 0 Å². The molecule has 0 spiro atoms. The maximum absolute atomic E-state index is 8.52. The van der Waals surface area contributed by atoms with E-state index in [1.165, 1.54) is 25.7 Å². The Labute approximate surface area is 80.9 Å². The lowest BCUT2D eigenvalue weighted by atomic mass is 10.2. The van der Waals surface area contributed by atoms with Crippen LogP contribution in [-0.2, 0) is 0 Å². The third-order valence-corrected chi connectivity index (χ3v) is 2.61. The van der Waals surface area contributed by atoms with Gasteiger partial charge in [0.2, 0.25) is 0 Å². The minimum Gasteiger partial charge on any atom is -0.395 e. The smallest absolute Gasteiger partial charge is 0.0555 e.